The third-order valence-electron chi connectivity index (χ3n) is 3.61. The van der Waals surface area contributed by atoms with Gasteiger partial charge in [0.15, 0.2) is 0 Å². The van der Waals surface area contributed by atoms with E-state index in [0.717, 1.165) is 10.6 Å². The number of hydrazone groups is 1. The number of nitrogens with zero attached hydrogens (tertiary/aromatic N) is 3. The summed E-state index contributed by atoms with van der Waals surface area (Å²) in [5.41, 5.74) is 2.81. The van der Waals surface area contributed by atoms with E-state index in [9.17, 15) is 23.3 Å². The minimum Gasteiger partial charge on any atom is -0.494 e. The number of anilines is 1. The first-order chi connectivity index (χ1) is 13.7. The van der Waals surface area contributed by atoms with Gasteiger partial charge in [0.2, 0.25) is 10.0 Å². The molecule has 0 aliphatic rings. The second-order valence-electron chi connectivity index (χ2n) is 5.84. The van der Waals surface area contributed by atoms with Crippen molar-refractivity contribution >= 4 is 33.5 Å². The van der Waals surface area contributed by atoms with Crippen LogP contribution in [0.25, 0.3) is 0 Å². The van der Waals surface area contributed by atoms with Crippen molar-refractivity contribution in [2.75, 3.05) is 23.7 Å². The lowest BCUT2D eigenvalue weighted by molar-refractivity contribution is -0.384. The summed E-state index contributed by atoms with van der Waals surface area (Å²) in [6.45, 7) is 1.81. The van der Waals surface area contributed by atoms with E-state index in [2.05, 4.69) is 10.5 Å². The first kappa shape index (κ1) is 21.8. The van der Waals surface area contributed by atoms with Crippen LogP contribution in [0.3, 0.4) is 0 Å². The number of nitro groups is 1. The first-order valence-electron chi connectivity index (χ1n) is 8.47. The van der Waals surface area contributed by atoms with Crippen molar-refractivity contribution in [2.45, 2.75) is 6.92 Å². The maximum atomic E-state index is 12.1. The largest absolute Gasteiger partial charge is 0.494 e. The molecular formula is C18H20N4O6S. The predicted molar refractivity (Wildman–Crippen MR) is 109 cm³/mol. The van der Waals surface area contributed by atoms with E-state index in [1.807, 2.05) is 6.92 Å². The number of non-ortho nitro benzene ring substituents is 1. The van der Waals surface area contributed by atoms with Gasteiger partial charge >= 0.3 is 0 Å². The molecule has 0 fully saturated rings. The molecule has 2 aromatic carbocycles. The summed E-state index contributed by atoms with van der Waals surface area (Å²) in [4.78, 5) is 22.4. The monoisotopic (exact) mass is 420 g/mol. The zero-order chi connectivity index (χ0) is 21.4. The topological polar surface area (TPSA) is 131 Å². The molecule has 0 atom stereocenters. The predicted octanol–water partition coefficient (Wildman–Crippen LogP) is 1.91. The number of amides is 1. The number of nitro benzene ring substituents is 1. The van der Waals surface area contributed by atoms with E-state index in [-0.39, 0.29) is 5.69 Å². The fourth-order valence-electron chi connectivity index (χ4n) is 2.34. The molecule has 0 radical (unpaired) electrons. The van der Waals surface area contributed by atoms with Gasteiger partial charge in [-0.3, -0.25) is 19.2 Å². The highest BCUT2D eigenvalue weighted by Crippen LogP contribution is 2.21. The minimum absolute atomic E-state index is 0.112. The van der Waals surface area contributed by atoms with Crippen LogP contribution in [0.5, 0.6) is 5.75 Å². The van der Waals surface area contributed by atoms with Gasteiger partial charge in [-0.1, -0.05) is 12.1 Å². The fraction of sp³-hybridized carbons (Fsp3) is 0.222. The van der Waals surface area contributed by atoms with Gasteiger partial charge in [-0.15, -0.1) is 0 Å². The van der Waals surface area contributed by atoms with Crippen molar-refractivity contribution in [1.29, 1.82) is 0 Å². The number of carbonyl (C=O) groups excluding carboxylic acids is 1. The lowest BCUT2D eigenvalue weighted by Gasteiger charge is -2.21. The Labute approximate surface area is 168 Å². The Morgan fingerprint density at radius 2 is 1.97 bits per heavy atom. The number of carbonyl (C=O) groups is 1. The number of benzene rings is 2. The molecule has 0 aliphatic carbocycles. The molecule has 0 aliphatic heterocycles. The third kappa shape index (κ3) is 6.57. The van der Waals surface area contributed by atoms with Gasteiger partial charge in [0.1, 0.15) is 12.3 Å². The highest BCUT2D eigenvalue weighted by atomic mass is 32.2. The molecule has 2 aromatic rings. The zero-order valence-corrected chi connectivity index (χ0v) is 16.6. The summed E-state index contributed by atoms with van der Waals surface area (Å²) >= 11 is 0. The molecule has 10 nitrogen and oxygen atoms in total. The highest BCUT2D eigenvalue weighted by molar-refractivity contribution is 7.92. The van der Waals surface area contributed by atoms with Gasteiger partial charge in [-0.05, 0) is 31.2 Å². The van der Waals surface area contributed by atoms with Crippen molar-refractivity contribution < 1.29 is 22.9 Å². The van der Waals surface area contributed by atoms with Crippen LogP contribution >= 0.6 is 0 Å². The van der Waals surface area contributed by atoms with Gasteiger partial charge in [-0.25, -0.2) is 13.8 Å². The van der Waals surface area contributed by atoms with Gasteiger partial charge in [0.05, 0.1) is 29.7 Å². The summed E-state index contributed by atoms with van der Waals surface area (Å²) in [5, 5.41) is 14.5. The lowest BCUT2D eigenvalue weighted by atomic mass is 10.2. The average Bonchev–Trinajstić information content (AvgIpc) is 2.66. The van der Waals surface area contributed by atoms with E-state index in [4.69, 9.17) is 4.74 Å². The summed E-state index contributed by atoms with van der Waals surface area (Å²) in [6, 6.07) is 12.0. The van der Waals surface area contributed by atoms with E-state index >= 15 is 0 Å². The molecule has 0 unspecified atom stereocenters. The van der Waals surface area contributed by atoms with E-state index in [1.54, 1.807) is 18.2 Å². The Kier molecular flexibility index (Phi) is 7.26. The Bertz CT molecular complexity index is 1010. The summed E-state index contributed by atoms with van der Waals surface area (Å²) < 4.78 is 30.4. The second kappa shape index (κ2) is 9.64. The van der Waals surface area contributed by atoms with Crippen LogP contribution < -0.4 is 14.5 Å². The average molecular weight is 420 g/mol. The molecule has 0 aromatic heterocycles. The Morgan fingerprint density at radius 1 is 1.28 bits per heavy atom. The lowest BCUT2D eigenvalue weighted by Crippen LogP contribution is -2.39. The van der Waals surface area contributed by atoms with Gasteiger partial charge in [0.25, 0.3) is 11.6 Å². The maximum Gasteiger partial charge on any atom is 0.270 e. The molecular weight excluding hydrogens is 400 g/mol. The molecule has 1 N–H and O–H groups in total. The fourth-order valence-corrected chi connectivity index (χ4v) is 3.19. The Balaban J connectivity index is 2.07. The number of sulfonamides is 1. The summed E-state index contributed by atoms with van der Waals surface area (Å²) in [6.07, 6.45) is 2.22. The van der Waals surface area contributed by atoms with Gasteiger partial charge in [-0.2, -0.15) is 5.10 Å². The first-order valence-corrected chi connectivity index (χ1v) is 10.3. The molecule has 0 heterocycles. The molecule has 0 bridgehead atoms. The highest BCUT2D eigenvalue weighted by Gasteiger charge is 2.20. The molecule has 0 saturated carbocycles. The number of rotatable bonds is 9. The Hall–Kier alpha value is -3.47. The third-order valence-corrected chi connectivity index (χ3v) is 4.75. The molecule has 1 amide bonds. The molecule has 29 heavy (non-hydrogen) atoms. The summed E-state index contributed by atoms with van der Waals surface area (Å²) in [5.74, 6) is -0.0957. The number of nitrogens with one attached hydrogen (secondary N) is 1. The quantitative estimate of drug-likeness (QED) is 0.374. The standard InChI is InChI=1S/C18H20N4O6S/c1-3-28-17-9-7-15(8-10-17)21(29(2,26)27)13-18(23)20-19-12-14-5-4-6-16(11-14)22(24)25/h4-12H,3,13H2,1-2H3,(H,20,23)/b19-12-. The molecule has 11 heteroatoms. The molecule has 2 rings (SSSR count). The van der Waals surface area contributed by atoms with Gasteiger partial charge < -0.3 is 4.74 Å². The number of hydrogen-bond acceptors (Lipinski definition) is 7. The van der Waals surface area contributed by atoms with Crippen LogP contribution in [0.2, 0.25) is 0 Å². The molecule has 0 saturated heterocycles. The van der Waals surface area contributed by atoms with Crippen LogP contribution in [0.4, 0.5) is 11.4 Å². The maximum absolute atomic E-state index is 12.1. The normalized spacial score (nSPS) is 11.2. The van der Waals surface area contributed by atoms with Crippen LogP contribution in [-0.4, -0.2) is 44.9 Å². The van der Waals surface area contributed by atoms with E-state index in [1.165, 1.54) is 36.5 Å². The van der Waals surface area contributed by atoms with Crippen LogP contribution in [-0.2, 0) is 14.8 Å². The van der Waals surface area contributed by atoms with Crippen molar-refractivity contribution in [3.05, 3.63) is 64.2 Å². The number of ether oxygens (including phenoxy) is 1. The van der Waals surface area contributed by atoms with E-state index in [0.29, 0.717) is 23.6 Å². The Morgan fingerprint density at radius 3 is 2.55 bits per heavy atom. The van der Waals surface area contributed by atoms with Crippen molar-refractivity contribution in [1.82, 2.24) is 5.43 Å². The molecule has 154 valence electrons. The van der Waals surface area contributed by atoms with Crippen LogP contribution in [0, 0.1) is 10.1 Å². The number of hydrogen-bond donors (Lipinski definition) is 1. The van der Waals surface area contributed by atoms with E-state index < -0.39 is 27.4 Å². The smallest absolute Gasteiger partial charge is 0.270 e. The minimum atomic E-state index is -3.73. The van der Waals surface area contributed by atoms with Gasteiger partial charge in [0, 0.05) is 17.7 Å². The zero-order valence-electron chi connectivity index (χ0n) is 15.8. The molecule has 0 spiro atoms. The SMILES string of the molecule is CCOc1ccc(N(CC(=O)N/N=C\c2cccc([N+](=O)[O-])c2)S(C)(=O)=O)cc1. The van der Waals surface area contributed by atoms with Crippen LogP contribution in [0.1, 0.15) is 12.5 Å². The second-order valence-corrected chi connectivity index (χ2v) is 7.75. The summed E-state index contributed by atoms with van der Waals surface area (Å²) in [7, 11) is -3.73. The van der Waals surface area contributed by atoms with Crippen LogP contribution in [0.15, 0.2) is 53.6 Å². The van der Waals surface area contributed by atoms with Crippen molar-refractivity contribution in [3.8, 4) is 5.75 Å². The van der Waals surface area contributed by atoms with Crippen molar-refractivity contribution in [3.63, 3.8) is 0 Å². The van der Waals surface area contributed by atoms with Crippen molar-refractivity contribution in [2.24, 2.45) is 5.10 Å².